The van der Waals surface area contributed by atoms with Crippen LogP contribution in [0.3, 0.4) is 0 Å². The van der Waals surface area contributed by atoms with E-state index in [1.165, 1.54) is 12.1 Å². The molecule has 0 spiro atoms. The number of carboxylic acids is 1. The van der Waals surface area contributed by atoms with E-state index in [-0.39, 0.29) is 44.3 Å². The molecule has 2 N–H and O–H groups in total. The SMILES string of the molecule is O=C(O)CCNC(=O)OCc1cccc(-c2cccc3c2CCCN3C(=O)CCCOc2cccc(C(F)(F)F)c2)c1. The standard InChI is InChI=1S/C31H31F3N2O6/c32-31(33,34)23-8-2-9-24(19-23)41-17-5-13-28(37)36-16-4-11-26-25(10-3-12-27(26)36)22-7-1-6-21(18-22)20-42-30(40)35-15-14-29(38)39/h1-3,6-10,12,18-19H,4-5,11,13-17,20H2,(H,35,40)(H,38,39). The Morgan fingerprint density at radius 3 is 2.55 bits per heavy atom. The second-order valence-corrected chi connectivity index (χ2v) is 9.78. The molecule has 1 aliphatic heterocycles. The van der Waals surface area contributed by atoms with Crippen LogP contribution >= 0.6 is 0 Å². The third-order valence-electron chi connectivity index (χ3n) is 6.73. The van der Waals surface area contributed by atoms with Crippen molar-refractivity contribution in [3.8, 4) is 16.9 Å². The number of carbonyl (C=O) groups excluding carboxylic acids is 2. The van der Waals surface area contributed by atoms with E-state index in [0.29, 0.717) is 13.0 Å². The summed E-state index contributed by atoms with van der Waals surface area (Å²) in [5, 5.41) is 11.1. The maximum Gasteiger partial charge on any atom is 0.416 e. The van der Waals surface area contributed by atoms with Crippen LogP contribution in [0, 0.1) is 0 Å². The Bertz CT molecular complexity index is 1430. The fourth-order valence-electron chi connectivity index (χ4n) is 4.76. The number of aliphatic carboxylic acids is 1. The van der Waals surface area contributed by atoms with Gasteiger partial charge in [-0.05, 0) is 71.8 Å². The number of rotatable bonds is 11. The summed E-state index contributed by atoms with van der Waals surface area (Å²) in [6.45, 7) is 0.659. The topological polar surface area (TPSA) is 105 Å². The molecule has 0 aliphatic carbocycles. The Morgan fingerprint density at radius 1 is 0.976 bits per heavy atom. The molecule has 42 heavy (non-hydrogen) atoms. The first-order valence-electron chi connectivity index (χ1n) is 13.6. The Kier molecular flexibility index (Phi) is 10.1. The van der Waals surface area contributed by atoms with E-state index in [0.717, 1.165) is 52.9 Å². The molecule has 0 saturated heterocycles. The zero-order chi connectivity index (χ0) is 30.1. The number of ether oxygens (including phenoxy) is 2. The molecule has 0 fully saturated rings. The lowest BCUT2D eigenvalue weighted by molar-refractivity contribution is -0.138. The number of hydrogen-bond acceptors (Lipinski definition) is 5. The molecule has 8 nitrogen and oxygen atoms in total. The van der Waals surface area contributed by atoms with Crippen molar-refractivity contribution in [1.29, 1.82) is 0 Å². The van der Waals surface area contributed by atoms with Crippen LogP contribution in [0.5, 0.6) is 5.75 Å². The van der Waals surface area contributed by atoms with E-state index >= 15 is 0 Å². The molecule has 4 rings (SSSR count). The maximum atomic E-state index is 13.2. The van der Waals surface area contributed by atoms with Gasteiger partial charge in [0.25, 0.3) is 0 Å². The average Bonchev–Trinajstić information content (AvgIpc) is 2.97. The summed E-state index contributed by atoms with van der Waals surface area (Å²) in [5.41, 5.74) is 3.69. The summed E-state index contributed by atoms with van der Waals surface area (Å²) in [6.07, 6.45) is -3.26. The molecule has 2 amide bonds. The van der Waals surface area contributed by atoms with Gasteiger partial charge in [0.2, 0.25) is 5.91 Å². The van der Waals surface area contributed by atoms with Crippen molar-refractivity contribution < 1.29 is 42.1 Å². The number of nitrogens with one attached hydrogen (secondary N) is 1. The average molecular weight is 585 g/mol. The number of carbonyl (C=O) groups is 3. The summed E-state index contributed by atoms with van der Waals surface area (Å²) in [7, 11) is 0. The van der Waals surface area contributed by atoms with Crippen molar-refractivity contribution in [3.05, 3.63) is 83.4 Å². The summed E-state index contributed by atoms with van der Waals surface area (Å²) in [4.78, 5) is 37.3. The van der Waals surface area contributed by atoms with Gasteiger partial charge in [-0.2, -0.15) is 13.2 Å². The summed E-state index contributed by atoms with van der Waals surface area (Å²) in [6, 6.07) is 18.0. The molecule has 0 atom stereocenters. The maximum absolute atomic E-state index is 13.2. The summed E-state index contributed by atoms with van der Waals surface area (Å²) >= 11 is 0. The number of fused-ring (bicyclic) bond motifs is 1. The first-order valence-corrected chi connectivity index (χ1v) is 13.6. The Balaban J connectivity index is 1.36. The molecule has 222 valence electrons. The molecular formula is C31H31F3N2O6. The van der Waals surface area contributed by atoms with E-state index in [4.69, 9.17) is 14.6 Å². The van der Waals surface area contributed by atoms with E-state index in [1.807, 2.05) is 42.5 Å². The van der Waals surface area contributed by atoms with Crippen LogP contribution in [-0.4, -0.2) is 42.8 Å². The van der Waals surface area contributed by atoms with Crippen LogP contribution in [0.4, 0.5) is 23.7 Å². The molecule has 0 unspecified atom stereocenters. The number of hydrogen-bond donors (Lipinski definition) is 2. The molecular weight excluding hydrogens is 553 g/mol. The fourth-order valence-corrected chi connectivity index (χ4v) is 4.76. The quantitative estimate of drug-likeness (QED) is 0.260. The van der Waals surface area contributed by atoms with E-state index < -0.39 is 23.8 Å². The first-order chi connectivity index (χ1) is 20.1. The Morgan fingerprint density at radius 2 is 1.76 bits per heavy atom. The smallest absolute Gasteiger partial charge is 0.416 e. The lowest BCUT2D eigenvalue weighted by Gasteiger charge is -2.31. The van der Waals surface area contributed by atoms with Gasteiger partial charge in [0.15, 0.2) is 0 Å². The van der Waals surface area contributed by atoms with Gasteiger partial charge in [-0.15, -0.1) is 0 Å². The molecule has 1 heterocycles. The van der Waals surface area contributed by atoms with Crippen LogP contribution in [0.1, 0.15) is 42.4 Å². The number of amides is 2. The van der Waals surface area contributed by atoms with Crippen LogP contribution < -0.4 is 15.0 Å². The summed E-state index contributed by atoms with van der Waals surface area (Å²) < 4.78 is 49.5. The van der Waals surface area contributed by atoms with Crippen molar-refractivity contribution in [2.45, 2.75) is 44.9 Å². The van der Waals surface area contributed by atoms with Gasteiger partial charge in [-0.3, -0.25) is 9.59 Å². The number of alkyl carbamates (subject to hydrolysis) is 1. The zero-order valence-electron chi connectivity index (χ0n) is 22.8. The highest BCUT2D eigenvalue weighted by molar-refractivity contribution is 5.96. The molecule has 0 saturated carbocycles. The second kappa shape index (κ2) is 13.9. The molecule has 3 aromatic rings. The molecule has 0 bridgehead atoms. The minimum Gasteiger partial charge on any atom is -0.494 e. The highest BCUT2D eigenvalue weighted by Gasteiger charge is 2.30. The van der Waals surface area contributed by atoms with Crippen molar-refractivity contribution >= 4 is 23.7 Å². The van der Waals surface area contributed by atoms with Crippen LogP contribution in [0.25, 0.3) is 11.1 Å². The predicted molar refractivity (Wildman–Crippen MR) is 149 cm³/mol. The van der Waals surface area contributed by atoms with Gasteiger partial charge >= 0.3 is 18.2 Å². The van der Waals surface area contributed by atoms with Crippen molar-refractivity contribution in [1.82, 2.24) is 5.32 Å². The minimum absolute atomic E-state index is 0.00888. The zero-order valence-corrected chi connectivity index (χ0v) is 22.8. The van der Waals surface area contributed by atoms with Crippen molar-refractivity contribution in [2.75, 3.05) is 24.6 Å². The number of nitrogens with zero attached hydrogens (tertiary/aromatic N) is 1. The van der Waals surface area contributed by atoms with Gasteiger partial charge in [0, 0.05) is 25.2 Å². The van der Waals surface area contributed by atoms with Gasteiger partial charge in [0.05, 0.1) is 18.6 Å². The molecule has 0 aromatic heterocycles. The first kappa shape index (κ1) is 30.4. The molecule has 11 heteroatoms. The highest BCUT2D eigenvalue weighted by Crippen LogP contribution is 2.36. The molecule has 3 aromatic carbocycles. The number of alkyl halides is 3. The third kappa shape index (κ3) is 8.25. The number of anilines is 1. The minimum atomic E-state index is -4.45. The summed E-state index contributed by atoms with van der Waals surface area (Å²) in [5.74, 6) is -0.994. The van der Waals surface area contributed by atoms with Gasteiger partial charge in [0.1, 0.15) is 12.4 Å². The van der Waals surface area contributed by atoms with Crippen LogP contribution in [0.2, 0.25) is 0 Å². The number of halogens is 3. The molecule has 1 aliphatic rings. The molecule has 0 radical (unpaired) electrons. The second-order valence-electron chi connectivity index (χ2n) is 9.78. The Hall–Kier alpha value is -4.54. The van der Waals surface area contributed by atoms with E-state index in [2.05, 4.69) is 5.32 Å². The van der Waals surface area contributed by atoms with Gasteiger partial charge < -0.3 is 24.8 Å². The number of benzene rings is 3. The number of carboxylic acid groups (broad SMARTS) is 1. The lowest BCUT2D eigenvalue weighted by atomic mass is 9.91. The van der Waals surface area contributed by atoms with E-state index in [9.17, 15) is 27.6 Å². The van der Waals surface area contributed by atoms with Crippen molar-refractivity contribution in [2.24, 2.45) is 0 Å². The van der Waals surface area contributed by atoms with E-state index in [1.54, 1.807) is 4.90 Å². The Labute approximate surface area is 241 Å². The fraction of sp³-hybridized carbons (Fsp3) is 0.323. The van der Waals surface area contributed by atoms with Gasteiger partial charge in [-0.1, -0.05) is 36.4 Å². The third-order valence-corrected chi connectivity index (χ3v) is 6.73. The predicted octanol–water partition coefficient (Wildman–Crippen LogP) is 6.21. The van der Waals surface area contributed by atoms with Crippen LogP contribution in [-0.2, 0) is 33.5 Å². The van der Waals surface area contributed by atoms with Gasteiger partial charge in [-0.25, -0.2) is 4.79 Å². The normalized spacial score (nSPS) is 12.8. The van der Waals surface area contributed by atoms with Crippen molar-refractivity contribution in [3.63, 3.8) is 0 Å². The highest BCUT2D eigenvalue weighted by atomic mass is 19.4. The largest absolute Gasteiger partial charge is 0.494 e. The monoisotopic (exact) mass is 584 g/mol. The van der Waals surface area contributed by atoms with Crippen LogP contribution in [0.15, 0.2) is 66.7 Å². The lowest BCUT2D eigenvalue weighted by Crippen LogP contribution is -2.35.